The number of Topliss-reactive ketones (excluding diaryl/α,β-unsaturated/α-hetero) is 1. The molecule has 1 atom stereocenters. The number of ketones is 1. The molecule has 2 heteroatoms. The van der Waals surface area contributed by atoms with Crippen LogP contribution in [-0.2, 0) is 4.79 Å². The van der Waals surface area contributed by atoms with Crippen molar-refractivity contribution in [2.75, 3.05) is 0 Å². The predicted octanol–water partition coefficient (Wildman–Crippen LogP) is 5.88. The van der Waals surface area contributed by atoms with Crippen LogP contribution >= 0.6 is 11.6 Å². The summed E-state index contributed by atoms with van der Waals surface area (Å²) in [6.07, 6.45) is 15.6. The zero-order valence-electron chi connectivity index (χ0n) is 12.3. The van der Waals surface area contributed by atoms with Crippen LogP contribution < -0.4 is 0 Å². The van der Waals surface area contributed by atoms with E-state index in [0.717, 1.165) is 12.8 Å². The number of carbonyl (C=O) groups excluding carboxylic acids is 1. The van der Waals surface area contributed by atoms with Crippen molar-refractivity contribution in [2.24, 2.45) is 0 Å². The summed E-state index contributed by atoms with van der Waals surface area (Å²) in [5, 5.41) is -0.247. The van der Waals surface area contributed by atoms with Crippen LogP contribution in [0, 0.1) is 0 Å². The third-order valence-electron chi connectivity index (χ3n) is 3.50. The minimum absolute atomic E-state index is 0.115. The van der Waals surface area contributed by atoms with Crippen LogP contribution in [0.2, 0.25) is 0 Å². The fourth-order valence-electron chi connectivity index (χ4n) is 2.19. The Morgan fingerprint density at radius 3 is 1.61 bits per heavy atom. The summed E-state index contributed by atoms with van der Waals surface area (Å²) >= 11 is 5.89. The van der Waals surface area contributed by atoms with Crippen LogP contribution in [0.1, 0.15) is 90.9 Å². The lowest BCUT2D eigenvalue weighted by Gasteiger charge is -2.05. The predicted molar refractivity (Wildman–Crippen MR) is 81.4 cm³/mol. The average Bonchev–Trinajstić information content (AvgIpc) is 2.35. The van der Waals surface area contributed by atoms with Gasteiger partial charge in [-0.25, -0.2) is 0 Å². The molecule has 18 heavy (non-hydrogen) atoms. The third kappa shape index (κ3) is 12.4. The molecular weight excluding hydrogens is 244 g/mol. The topological polar surface area (TPSA) is 17.1 Å². The van der Waals surface area contributed by atoms with Crippen molar-refractivity contribution < 1.29 is 4.79 Å². The highest BCUT2D eigenvalue weighted by molar-refractivity contribution is 6.30. The van der Waals surface area contributed by atoms with E-state index in [0.29, 0.717) is 0 Å². The second-order valence-electron chi connectivity index (χ2n) is 5.40. The van der Waals surface area contributed by atoms with Gasteiger partial charge in [0.05, 0.1) is 5.38 Å². The van der Waals surface area contributed by atoms with Gasteiger partial charge in [0.1, 0.15) is 5.78 Å². The summed E-state index contributed by atoms with van der Waals surface area (Å²) in [6, 6.07) is 0. The number of hydrogen-bond acceptors (Lipinski definition) is 1. The first-order chi connectivity index (χ1) is 8.68. The molecule has 0 fully saturated rings. The first-order valence-corrected chi connectivity index (χ1v) is 8.26. The third-order valence-corrected chi connectivity index (χ3v) is 4.03. The zero-order chi connectivity index (χ0) is 13.6. The van der Waals surface area contributed by atoms with E-state index in [1.165, 1.54) is 64.2 Å². The van der Waals surface area contributed by atoms with Crippen LogP contribution in [0.25, 0.3) is 0 Å². The van der Waals surface area contributed by atoms with E-state index in [-0.39, 0.29) is 11.2 Å². The highest BCUT2D eigenvalue weighted by atomic mass is 35.5. The molecule has 0 radical (unpaired) electrons. The molecule has 108 valence electrons. The molecule has 0 bridgehead atoms. The van der Waals surface area contributed by atoms with Gasteiger partial charge in [-0.05, 0) is 13.3 Å². The molecule has 1 unspecified atom stereocenters. The smallest absolute Gasteiger partial charge is 0.147 e. The van der Waals surface area contributed by atoms with Crippen LogP contribution in [0.5, 0.6) is 0 Å². The molecule has 0 spiro atoms. The van der Waals surface area contributed by atoms with Gasteiger partial charge in [-0.15, -0.1) is 11.6 Å². The summed E-state index contributed by atoms with van der Waals surface area (Å²) in [5.41, 5.74) is 0. The SMILES string of the molecule is CCCCCCCCCCCCCC(Cl)C(C)=O. The lowest BCUT2D eigenvalue weighted by Crippen LogP contribution is -2.09. The van der Waals surface area contributed by atoms with Crippen molar-refractivity contribution in [1.29, 1.82) is 0 Å². The van der Waals surface area contributed by atoms with E-state index in [2.05, 4.69) is 6.92 Å². The van der Waals surface area contributed by atoms with Gasteiger partial charge >= 0.3 is 0 Å². The van der Waals surface area contributed by atoms with Crippen LogP contribution in [0.3, 0.4) is 0 Å². The van der Waals surface area contributed by atoms with Crippen LogP contribution in [-0.4, -0.2) is 11.2 Å². The molecule has 1 nitrogen and oxygen atoms in total. The Hall–Kier alpha value is -0.0400. The Kier molecular flexibility index (Phi) is 13.4. The summed E-state index contributed by atoms with van der Waals surface area (Å²) in [7, 11) is 0. The highest BCUT2D eigenvalue weighted by Crippen LogP contribution is 2.14. The molecular formula is C16H31ClO. The maximum atomic E-state index is 10.9. The molecule has 0 aromatic rings. The maximum absolute atomic E-state index is 10.9. The molecule has 0 amide bonds. The molecule has 0 saturated carbocycles. The molecule has 0 aromatic carbocycles. The Morgan fingerprint density at radius 2 is 1.22 bits per heavy atom. The van der Waals surface area contributed by atoms with Gasteiger partial charge in [-0.3, -0.25) is 4.79 Å². The van der Waals surface area contributed by atoms with Crippen LogP contribution in [0.15, 0.2) is 0 Å². The van der Waals surface area contributed by atoms with E-state index in [1.807, 2.05) is 0 Å². The Morgan fingerprint density at radius 1 is 0.833 bits per heavy atom. The molecule has 0 heterocycles. The van der Waals surface area contributed by atoms with Gasteiger partial charge < -0.3 is 0 Å². The Labute approximate surface area is 119 Å². The Bertz CT molecular complexity index is 192. The number of unbranched alkanes of at least 4 members (excludes halogenated alkanes) is 10. The summed E-state index contributed by atoms with van der Waals surface area (Å²) in [5.74, 6) is 0.115. The molecule has 0 aliphatic heterocycles. The largest absolute Gasteiger partial charge is 0.298 e. The number of alkyl halides is 1. The molecule has 0 aromatic heterocycles. The Balaban J connectivity index is 3.05. The normalized spacial score (nSPS) is 12.6. The first-order valence-electron chi connectivity index (χ1n) is 7.83. The van der Waals surface area contributed by atoms with E-state index >= 15 is 0 Å². The minimum Gasteiger partial charge on any atom is -0.298 e. The second-order valence-corrected chi connectivity index (χ2v) is 5.93. The quantitative estimate of drug-likeness (QED) is 0.303. The second kappa shape index (κ2) is 13.4. The van der Waals surface area contributed by atoms with Crippen molar-refractivity contribution in [3.05, 3.63) is 0 Å². The van der Waals surface area contributed by atoms with Gasteiger partial charge in [0.15, 0.2) is 0 Å². The summed E-state index contributed by atoms with van der Waals surface area (Å²) in [4.78, 5) is 10.9. The number of carbonyl (C=O) groups is 1. The standard InChI is InChI=1S/C16H31ClO/c1-3-4-5-6-7-8-9-10-11-12-13-14-16(17)15(2)18/h16H,3-14H2,1-2H3. The molecule has 0 saturated heterocycles. The van der Waals surface area contributed by atoms with E-state index in [1.54, 1.807) is 6.92 Å². The monoisotopic (exact) mass is 274 g/mol. The summed E-state index contributed by atoms with van der Waals surface area (Å²) in [6.45, 7) is 3.84. The number of halogens is 1. The van der Waals surface area contributed by atoms with Gasteiger partial charge in [-0.2, -0.15) is 0 Å². The van der Waals surface area contributed by atoms with Gasteiger partial charge in [-0.1, -0.05) is 77.6 Å². The van der Waals surface area contributed by atoms with Crippen molar-refractivity contribution in [2.45, 2.75) is 96.3 Å². The highest BCUT2D eigenvalue weighted by Gasteiger charge is 2.08. The first kappa shape index (κ1) is 18.0. The van der Waals surface area contributed by atoms with Crippen molar-refractivity contribution in [3.8, 4) is 0 Å². The molecule has 0 aliphatic carbocycles. The van der Waals surface area contributed by atoms with E-state index in [9.17, 15) is 4.79 Å². The van der Waals surface area contributed by atoms with Gasteiger partial charge in [0, 0.05) is 0 Å². The zero-order valence-corrected chi connectivity index (χ0v) is 13.1. The van der Waals surface area contributed by atoms with Gasteiger partial charge in [0.25, 0.3) is 0 Å². The van der Waals surface area contributed by atoms with Crippen molar-refractivity contribution in [3.63, 3.8) is 0 Å². The average molecular weight is 275 g/mol. The van der Waals surface area contributed by atoms with Crippen molar-refractivity contribution in [1.82, 2.24) is 0 Å². The molecule has 0 rings (SSSR count). The molecule has 0 N–H and O–H groups in total. The fraction of sp³-hybridized carbons (Fsp3) is 0.938. The minimum atomic E-state index is -0.247. The summed E-state index contributed by atoms with van der Waals surface area (Å²) < 4.78 is 0. The van der Waals surface area contributed by atoms with Gasteiger partial charge in [0.2, 0.25) is 0 Å². The maximum Gasteiger partial charge on any atom is 0.147 e. The van der Waals surface area contributed by atoms with Crippen molar-refractivity contribution >= 4 is 17.4 Å². The number of rotatable bonds is 13. The number of hydrogen-bond donors (Lipinski definition) is 0. The van der Waals surface area contributed by atoms with Crippen LogP contribution in [0.4, 0.5) is 0 Å². The van der Waals surface area contributed by atoms with E-state index < -0.39 is 0 Å². The van der Waals surface area contributed by atoms with E-state index in [4.69, 9.17) is 11.6 Å². The lowest BCUT2D eigenvalue weighted by atomic mass is 10.0. The lowest BCUT2D eigenvalue weighted by molar-refractivity contribution is -0.116. The molecule has 0 aliphatic rings. The fourth-order valence-corrected chi connectivity index (χ4v) is 2.35.